The van der Waals surface area contributed by atoms with Crippen LogP contribution >= 0.6 is 24.0 Å². The van der Waals surface area contributed by atoms with E-state index in [1.165, 1.54) is 36.0 Å². The van der Waals surface area contributed by atoms with Crippen LogP contribution in [0.2, 0.25) is 0 Å². The van der Waals surface area contributed by atoms with Crippen LogP contribution in [0.3, 0.4) is 0 Å². The maximum atomic E-state index is 12.0. The van der Waals surface area contributed by atoms with E-state index in [-0.39, 0.29) is 29.9 Å². The number of guanidine groups is 1. The molecule has 6 heteroatoms. The molecule has 1 aliphatic rings. The molecule has 1 aliphatic carbocycles. The van der Waals surface area contributed by atoms with Crippen molar-refractivity contribution in [3.8, 4) is 0 Å². The van der Waals surface area contributed by atoms with E-state index in [9.17, 15) is 4.79 Å². The summed E-state index contributed by atoms with van der Waals surface area (Å²) in [6.45, 7) is 5.53. The summed E-state index contributed by atoms with van der Waals surface area (Å²) in [5.74, 6) is 0.856. The van der Waals surface area contributed by atoms with Crippen LogP contribution in [0.5, 0.6) is 0 Å². The van der Waals surface area contributed by atoms with Gasteiger partial charge in [0.1, 0.15) is 0 Å². The van der Waals surface area contributed by atoms with Crippen molar-refractivity contribution in [1.29, 1.82) is 0 Å². The zero-order valence-electron chi connectivity index (χ0n) is 16.2. The van der Waals surface area contributed by atoms with Crippen LogP contribution in [0.1, 0.15) is 55.2 Å². The molecule has 0 unspecified atom stereocenters. The zero-order chi connectivity index (χ0) is 18.1. The predicted octanol–water partition coefficient (Wildman–Crippen LogP) is 3.43. The van der Waals surface area contributed by atoms with Crippen LogP contribution in [-0.4, -0.2) is 31.5 Å². The highest BCUT2D eigenvalue weighted by Crippen LogP contribution is 2.17. The van der Waals surface area contributed by atoms with Crippen LogP contribution < -0.4 is 16.0 Å². The number of hydrogen-bond acceptors (Lipinski definition) is 2. The Morgan fingerprint density at radius 1 is 1.15 bits per heavy atom. The van der Waals surface area contributed by atoms with Gasteiger partial charge in [-0.2, -0.15) is 0 Å². The number of halogens is 1. The van der Waals surface area contributed by atoms with Gasteiger partial charge in [-0.25, -0.2) is 0 Å². The summed E-state index contributed by atoms with van der Waals surface area (Å²) >= 11 is 0. The molecule has 1 aromatic carbocycles. The first-order valence-corrected chi connectivity index (χ1v) is 9.38. The summed E-state index contributed by atoms with van der Waals surface area (Å²) < 4.78 is 0. The highest BCUT2D eigenvalue weighted by atomic mass is 127. The maximum absolute atomic E-state index is 12.0. The number of carbonyl (C=O) groups is 1. The molecular formula is C20H33IN4O. The summed E-state index contributed by atoms with van der Waals surface area (Å²) in [6.07, 6.45) is 6.49. The summed E-state index contributed by atoms with van der Waals surface area (Å²) in [7, 11) is 1.75. The lowest BCUT2D eigenvalue weighted by molar-refractivity contribution is -0.121. The number of aryl methyl sites for hydroxylation is 2. The highest BCUT2D eigenvalue weighted by molar-refractivity contribution is 14.0. The van der Waals surface area contributed by atoms with Crippen molar-refractivity contribution in [3.63, 3.8) is 0 Å². The van der Waals surface area contributed by atoms with Gasteiger partial charge in [0.2, 0.25) is 5.91 Å². The van der Waals surface area contributed by atoms with Gasteiger partial charge in [-0.05, 0) is 37.8 Å². The minimum Gasteiger partial charge on any atom is -0.356 e. The first-order valence-electron chi connectivity index (χ1n) is 9.38. The largest absolute Gasteiger partial charge is 0.356 e. The number of benzene rings is 1. The third-order valence-electron chi connectivity index (χ3n) is 4.78. The second kappa shape index (κ2) is 12.1. The average molecular weight is 472 g/mol. The smallest absolute Gasteiger partial charge is 0.221 e. The third kappa shape index (κ3) is 7.93. The number of nitrogens with zero attached hydrogens (tertiary/aromatic N) is 1. The first-order chi connectivity index (χ1) is 12.1. The second-order valence-corrected chi connectivity index (χ2v) is 6.93. The number of aliphatic imine (C=N–C) groups is 1. The van der Waals surface area contributed by atoms with Crippen molar-refractivity contribution < 1.29 is 4.79 Å². The molecule has 146 valence electrons. The van der Waals surface area contributed by atoms with Gasteiger partial charge >= 0.3 is 0 Å². The number of nitrogens with one attached hydrogen (secondary N) is 3. The lowest BCUT2D eigenvalue weighted by Crippen LogP contribution is -2.41. The topological polar surface area (TPSA) is 65.5 Å². The van der Waals surface area contributed by atoms with Crippen molar-refractivity contribution in [3.05, 3.63) is 34.9 Å². The Bertz CT molecular complexity index is 597. The quantitative estimate of drug-likeness (QED) is 0.338. The number of amides is 1. The van der Waals surface area contributed by atoms with E-state index >= 15 is 0 Å². The average Bonchev–Trinajstić information content (AvgIpc) is 2.60. The van der Waals surface area contributed by atoms with Crippen LogP contribution in [0.4, 0.5) is 0 Å². The minimum atomic E-state index is 0. The Morgan fingerprint density at radius 2 is 1.88 bits per heavy atom. The minimum absolute atomic E-state index is 0. The van der Waals surface area contributed by atoms with E-state index in [0.29, 0.717) is 19.0 Å². The van der Waals surface area contributed by atoms with Gasteiger partial charge in [0.05, 0.1) is 0 Å². The van der Waals surface area contributed by atoms with Gasteiger partial charge in [-0.3, -0.25) is 9.79 Å². The fraction of sp³-hybridized carbons (Fsp3) is 0.600. The Morgan fingerprint density at radius 3 is 2.54 bits per heavy atom. The van der Waals surface area contributed by atoms with Gasteiger partial charge in [-0.15, -0.1) is 24.0 Å². The Labute approximate surface area is 174 Å². The molecule has 0 aromatic heterocycles. The molecule has 26 heavy (non-hydrogen) atoms. The number of rotatable bonds is 6. The van der Waals surface area contributed by atoms with E-state index in [0.717, 1.165) is 25.3 Å². The van der Waals surface area contributed by atoms with E-state index in [1.807, 2.05) is 0 Å². The Balaban J connectivity index is 0.00000338. The van der Waals surface area contributed by atoms with Crippen LogP contribution in [0.15, 0.2) is 23.2 Å². The van der Waals surface area contributed by atoms with E-state index in [1.54, 1.807) is 7.05 Å². The summed E-state index contributed by atoms with van der Waals surface area (Å²) in [6, 6.07) is 6.82. The molecule has 1 fully saturated rings. The summed E-state index contributed by atoms with van der Waals surface area (Å²) in [5.41, 5.74) is 3.80. The normalized spacial score (nSPS) is 15.1. The number of carbonyl (C=O) groups excluding carboxylic acids is 1. The molecule has 3 N–H and O–H groups in total. The molecule has 2 rings (SSSR count). The second-order valence-electron chi connectivity index (χ2n) is 6.93. The monoisotopic (exact) mass is 472 g/mol. The van der Waals surface area contributed by atoms with Crippen molar-refractivity contribution in [1.82, 2.24) is 16.0 Å². The van der Waals surface area contributed by atoms with Crippen LogP contribution in [0.25, 0.3) is 0 Å². The van der Waals surface area contributed by atoms with Crippen LogP contribution in [0, 0.1) is 13.8 Å². The van der Waals surface area contributed by atoms with E-state index in [2.05, 4.69) is 53.0 Å². The fourth-order valence-electron chi connectivity index (χ4n) is 3.28. The van der Waals surface area contributed by atoms with Crippen molar-refractivity contribution in [2.45, 2.75) is 65.0 Å². The molecular weight excluding hydrogens is 439 g/mol. The summed E-state index contributed by atoms with van der Waals surface area (Å²) in [4.78, 5) is 16.3. The molecule has 1 amide bonds. The summed E-state index contributed by atoms with van der Waals surface area (Å²) in [5, 5.41) is 9.67. The Hall–Kier alpha value is -1.31. The molecule has 0 spiro atoms. The molecule has 5 nitrogen and oxygen atoms in total. The van der Waals surface area contributed by atoms with Crippen molar-refractivity contribution in [2.24, 2.45) is 4.99 Å². The highest BCUT2D eigenvalue weighted by Gasteiger charge is 2.15. The zero-order valence-corrected chi connectivity index (χ0v) is 18.6. The molecule has 1 saturated carbocycles. The molecule has 0 aliphatic heterocycles. The van der Waals surface area contributed by atoms with E-state index in [4.69, 9.17) is 0 Å². The van der Waals surface area contributed by atoms with Gasteiger partial charge in [0.15, 0.2) is 5.96 Å². The molecule has 0 radical (unpaired) electrons. The maximum Gasteiger partial charge on any atom is 0.221 e. The third-order valence-corrected chi connectivity index (χ3v) is 4.78. The molecule has 0 bridgehead atoms. The van der Waals surface area contributed by atoms with E-state index < -0.39 is 0 Å². The molecule has 1 aromatic rings. The fourth-order valence-corrected chi connectivity index (χ4v) is 3.28. The standard InChI is InChI=1S/C20H32N4O.HI/c1-15-9-10-17(16(2)13-15)14-23-20(21-3)22-12-11-19(25)24-18-7-5-4-6-8-18;/h9-10,13,18H,4-8,11-12,14H2,1-3H3,(H,24,25)(H2,21,22,23);1H. The lowest BCUT2D eigenvalue weighted by Gasteiger charge is -2.22. The lowest BCUT2D eigenvalue weighted by atomic mass is 9.95. The molecule has 0 saturated heterocycles. The van der Waals surface area contributed by atoms with Crippen molar-refractivity contribution >= 4 is 35.8 Å². The van der Waals surface area contributed by atoms with Crippen molar-refractivity contribution in [2.75, 3.05) is 13.6 Å². The van der Waals surface area contributed by atoms with Gasteiger partial charge in [0, 0.05) is 32.6 Å². The van der Waals surface area contributed by atoms with Gasteiger partial charge in [0.25, 0.3) is 0 Å². The van der Waals surface area contributed by atoms with Gasteiger partial charge in [-0.1, -0.05) is 43.0 Å². The molecule has 0 heterocycles. The predicted molar refractivity (Wildman–Crippen MR) is 119 cm³/mol. The van der Waals surface area contributed by atoms with Crippen LogP contribution in [-0.2, 0) is 11.3 Å². The molecule has 0 atom stereocenters. The van der Waals surface area contributed by atoms with Gasteiger partial charge < -0.3 is 16.0 Å². The SMILES string of the molecule is CN=C(NCCC(=O)NC1CCCCC1)NCc1ccc(C)cc1C.I. The number of hydrogen-bond donors (Lipinski definition) is 3. The first kappa shape index (κ1) is 22.7. The Kier molecular flexibility index (Phi) is 10.6.